The monoisotopic (exact) mass is 360 g/mol. The minimum atomic E-state index is -0.223. The summed E-state index contributed by atoms with van der Waals surface area (Å²) in [5.74, 6) is 0.0812. The van der Waals surface area contributed by atoms with E-state index in [0.717, 1.165) is 0 Å². The number of H-pyrrole nitrogens is 1. The fourth-order valence-corrected chi connectivity index (χ4v) is 2.33. The fourth-order valence-electron chi connectivity index (χ4n) is 2.33. The number of aromatic nitrogens is 2. The molecular weight excluding hydrogens is 346 g/mol. The van der Waals surface area contributed by atoms with E-state index >= 15 is 0 Å². The van der Waals surface area contributed by atoms with Crippen molar-refractivity contribution in [2.45, 2.75) is 13.5 Å². The number of fused-ring (bicyclic) bond motifs is 1. The molecule has 6 nitrogen and oxygen atoms in total. The minimum Gasteiger partial charge on any atom is -0.507 e. The predicted octanol–water partition coefficient (Wildman–Crippen LogP) is 2.51. The summed E-state index contributed by atoms with van der Waals surface area (Å²) in [7, 11) is 0. The van der Waals surface area contributed by atoms with Crippen LogP contribution < -0.4 is 5.69 Å². The summed E-state index contributed by atoms with van der Waals surface area (Å²) < 4.78 is 1.53. The average molecular weight is 361 g/mol. The molecule has 0 saturated carbocycles. The number of phenolic OH excluding ortho intramolecular Hbond substituents is 2. The number of imidazole rings is 1. The van der Waals surface area contributed by atoms with Crippen LogP contribution in [0.15, 0.2) is 46.2 Å². The molecule has 3 N–H and O–H groups in total. The van der Waals surface area contributed by atoms with Gasteiger partial charge in [-0.25, -0.2) is 4.79 Å². The number of aryl methyl sites for hydroxylation is 1. The van der Waals surface area contributed by atoms with E-state index in [-0.39, 0.29) is 34.3 Å². The summed E-state index contributed by atoms with van der Waals surface area (Å²) in [6.07, 6.45) is 1.46. The van der Waals surface area contributed by atoms with Crippen molar-refractivity contribution >= 4 is 22.9 Å². The molecule has 1 radical (unpaired) electrons. The van der Waals surface area contributed by atoms with E-state index in [1.165, 1.54) is 16.8 Å². The maximum atomic E-state index is 11.8. The Morgan fingerprint density at radius 1 is 1.22 bits per heavy atom. The summed E-state index contributed by atoms with van der Waals surface area (Å²) in [6, 6.07) is 9.88. The Labute approximate surface area is 142 Å². The van der Waals surface area contributed by atoms with Crippen LogP contribution in [0.25, 0.3) is 11.0 Å². The Bertz CT molecular complexity index is 928. The van der Waals surface area contributed by atoms with Gasteiger partial charge in [-0.1, -0.05) is 12.1 Å². The zero-order chi connectivity index (χ0) is 15.7. The molecular formula is C16H15CuN3O3. The van der Waals surface area contributed by atoms with Crippen molar-refractivity contribution in [3.8, 4) is 11.5 Å². The van der Waals surface area contributed by atoms with Crippen LogP contribution in [0.4, 0.5) is 5.69 Å². The molecule has 23 heavy (non-hydrogen) atoms. The van der Waals surface area contributed by atoms with E-state index in [0.29, 0.717) is 28.8 Å². The molecule has 0 atom stereocenters. The Hall–Kier alpha value is -2.50. The van der Waals surface area contributed by atoms with Crippen molar-refractivity contribution in [1.82, 2.24) is 9.55 Å². The largest absolute Gasteiger partial charge is 0.507 e. The van der Waals surface area contributed by atoms with Gasteiger partial charge in [-0.05, 0) is 25.1 Å². The van der Waals surface area contributed by atoms with E-state index in [1.54, 1.807) is 30.3 Å². The van der Waals surface area contributed by atoms with Gasteiger partial charge < -0.3 is 15.2 Å². The molecule has 0 fully saturated rings. The number of nitrogens with one attached hydrogen (secondary N) is 1. The van der Waals surface area contributed by atoms with Crippen molar-refractivity contribution in [2.75, 3.05) is 0 Å². The third-order valence-electron chi connectivity index (χ3n) is 3.47. The van der Waals surface area contributed by atoms with Crippen LogP contribution in [0.3, 0.4) is 0 Å². The van der Waals surface area contributed by atoms with E-state index < -0.39 is 0 Å². The second kappa shape index (κ2) is 6.73. The van der Waals surface area contributed by atoms with Crippen LogP contribution >= 0.6 is 0 Å². The molecule has 0 spiro atoms. The van der Waals surface area contributed by atoms with Gasteiger partial charge in [0, 0.05) is 41.5 Å². The van der Waals surface area contributed by atoms with Gasteiger partial charge in [-0.15, -0.1) is 0 Å². The standard InChI is InChI=1S/C16H15N3O3.Cu/c1-2-19-13-8-15(21)12(7-11(13)18-16(19)22)17-9-10-5-3-4-6-14(10)20;/h3-9,20-21H,2H2,1H3,(H,18,22);. The van der Waals surface area contributed by atoms with Gasteiger partial charge in [0.1, 0.15) is 17.2 Å². The summed E-state index contributed by atoms with van der Waals surface area (Å²) in [5.41, 5.74) is 1.88. The number of rotatable bonds is 3. The normalized spacial score (nSPS) is 11.0. The summed E-state index contributed by atoms with van der Waals surface area (Å²) in [5, 5.41) is 19.8. The molecule has 123 valence electrons. The Morgan fingerprint density at radius 2 is 1.96 bits per heavy atom. The number of nitrogens with zero attached hydrogens (tertiary/aromatic N) is 2. The quantitative estimate of drug-likeness (QED) is 0.495. The number of benzene rings is 2. The smallest absolute Gasteiger partial charge is 0.326 e. The van der Waals surface area contributed by atoms with Crippen LogP contribution in [0, 0.1) is 0 Å². The number of aliphatic imine (C=N–C) groups is 1. The second-order valence-corrected chi connectivity index (χ2v) is 4.85. The van der Waals surface area contributed by atoms with Crippen molar-refractivity contribution in [2.24, 2.45) is 4.99 Å². The Morgan fingerprint density at radius 3 is 2.65 bits per heavy atom. The maximum Gasteiger partial charge on any atom is 0.326 e. The number of hydrogen-bond acceptors (Lipinski definition) is 4. The summed E-state index contributed by atoms with van der Waals surface area (Å²) in [6.45, 7) is 2.37. The van der Waals surface area contributed by atoms with E-state index in [9.17, 15) is 15.0 Å². The number of hydrogen-bond donors (Lipinski definition) is 3. The first-order valence-corrected chi connectivity index (χ1v) is 6.87. The Balaban J connectivity index is 0.00000192. The third kappa shape index (κ3) is 3.16. The fraction of sp³-hybridized carbons (Fsp3) is 0.125. The first-order valence-electron chi connectivity index (χ1n) is 6.87. The summed E-state index contributed by atoms with van der Waals surface area (Å²) >= 11 is 0. The number of aromatic hydroxyl groups is 2. The minimum absolute atomic E-state index is 0. The van der Waals surface area contributed by atoms with E-state index in [2.05, 4.69) is 9.98 Å². The van der Waals surface area contributed by atoms with Gasteiger partial charge >= 0.3 is 5.69 Å². The maximum absolute atomic E-state index is 11.8. The van der Waals surface area contributed by atoms with E-state index in [1.807, 2.05) is 6.92 Å². The molecule has 0 aliphatic carbocycles. The molecule has 0 aliphatic rings. The number of phenols is 2. The molecule has 0 unspecified atom stereocenters. The van der Waals surface area contributed by atoms with Crippen molar-refractivity contribution in [3.05, 3.63) is 52.4 Å². The van der Waals surface area contributed by atoms with Crippen LogP contribution in [-0.4, -0.2) is 26.0 Å². The van der Waals surface area contributed by atoms with E-state index in [4.69, 9.17) is 0 Å². The molecule has 3 aromatic rings. The van der Waals surface area contributed by atoms with Crippen LogP contribution in [-0.2, 0) is 23.6 Å². The topological polar surface area (TPSA) is 90.6 Å². The SMILES string of the molecule is CCn1c(=O)[nH]c2cc(N=Cc3ccccc3O)c(O)cc21.[Cu]. The predicted molar refractivity (Wildman–Crippen MR) is 85.3 cm³/mol. The molecule has 1 heterocycles. The van der Waals surface area contributed by atoms with Gasteiger partial charge in [0.2, 0.25) is 0 Å². The van der Waals surface area contributed by atoms with Crippen molar-refractivity contribution < 1.29 is 27.3 Å². The zero-order valence-corrected chi connectivity index (χ0v) is 13.2. The number of para-hydroxylation sites is 1. The van der Waals surface area contributed by atoms with Gasteiger partial charge in [-0.2, -0.15) is 0 Å². The molecule has 0 aliphatic heterocycles. The average Bonchev–Trinajstić information content (AvgIpc) is 2.80. The van der Waals surface area contributed by atoms with Gasteiger partial charge in [-0.3, -0.25) is 9.56 Å². The van der Waals surface area contributed by atoms with Crippen LogP contribution in [0.2, 0.25) is 0 Å². The van der Waals surface area contributed by atoms with Gasteiger partial charge in [0.15, 0.2) is 0 Å². The van der Waals surface area contributed by atoms with Crippen LogP contribution in [0.1, 0.15) is 12.5 Å². The molecule has 0 saturated heterocycles. The second-order valence-electron chi connectivity index (χ2n) is 4.85. The third-order valence-corrected chi connectivity index (χ3v) is 3.47. The molecule has 3 rings (SSSR count). The van der Waals surface area contributed by atoms with Gasteiger partial charge in [0.25, 0.3) is 0 Å². The molecule has 2 aromatic carbocycles. The van der Waals surface area contributed by atoms with Gasteiger partial charge in [0.05, 0.1) is 11.0 Å². The molecule has 7 heteroatoms. The summed E-state index contributed by atoms with van der Waals surface area (Å²) in [4.78, 5) is 18.7. The van der Waals surface area contributed by atoms with Crippen molar-refractivity contribution in [1.29, 1.82) is 0 Å². The zero-order valence-electron chi connectivity index (χ0n) is 12.2. The van der Waals surface area contributed by atoms with Crippen molar-refractivity contribution in [3.63, 3.8) is 0 Å². The Kier molecular flexibility index (Phi) is 4.93. The molecule has 1 aromatic heterocycles. The number of aromatic amines is 1. The molecule has 0 bridgehead atoms. The first-order chi connectivity index (χ1) is 10.6. The first kappa shape index (κ1) is 16.9. The van der Waals surface area contributed by atoms with Crippen LogP contribution in [0.5, 0.6) is 11.5 Å². The molecule has 0 amide bonds.